The van der Waals surface area contributed by atoms with Gasteiger partial charge in [0.15, 0.2) is 5.82 Å². The van der Waals surface area contributed by atoms with Gasteiger partial charge in [-0.15, -0.1) is 11.8 Å². The van der Waals surface area contributed by atoms with Crippen LogP contribution < -0.4 is 0 Å². The van der Waals surface area contributed by atoms with E-state index in [9.17, 15) is 4.79 Å². The van der Waals surface area contributed by atoms with Crippen LogP contribution in [0.25, 0.3) is 0 Å². The van der Waals surface area contributed by atoms with E-state index in [4.69, 9.17) is 9.26 Å². The van der Waals surface area contributed by atoms with Crippen LogP contribution in [0.3, 0.4) is 0 Å². The van der Waals surface area contributed by atoms with Crippen molar-refractivity contribution in [1.82, 2.24) is 10.1 Å². The highest BCUT2D eigenvalue weighted by atomic mass is 32.2. The van der Waals surface area contributed by atoms with Crippen LogP contribution in [0, 0.1) is 0 Å². The molecule has 100 valence electrons. The minimum atomic E-state index is -0.493. The van der Waals surface area contributed by atoms with Gasteiger partial charge in [0.2, 0.25) is 5.89 Å². The zero-order valence-corrected chi connectivity index (χ0v) is 12.1. The van der Waals surface area contributed by atoms with Crippen LogP contribution in [-0.4, -0.2) is 40.0 Å². The molecule has 2 rings (SSSR count). The van der Waals surface area contributed by atoms with Crippen LogP contribution in [0.15, 0.2) is 4.52 Å². The molecule has 0 spiro atoms. The topological polar surface area (TPSA) is 65.2 Å². The van der Waals surface area contributed by atoms with Crippen molar-refractivity contribution in [3.05, 3.63) is 11.7 Å². The lowest BCUT2D eigenvalue weighted by atomic mass is 10.2. The number of thioether (sulfide) groups is 2. The lowest BCUT2D eigenvalue weighted by molar-refractivity contribution is -0.145. The zero-order chi connectivity index (χ0) is 13.0. The molecule has 2 unspecified atom stereocenters. The predicted octanol–water partition coefficient (Wildman–Crippen LogP) is 2.26. The molecule has 2 heterocycles. The molecule has 0 N–H and O–H groups in total. The Labute approximate surface area is 114 Å². The molecule has 18 heavy (non-hydrogen) atoms. The van der Waals surface area contributed by atoms with E-state index in [0.29, 0.717) is 18.3 Å². The van der Waals surface area contributed by atoms with Gasteiger partial charge < -0.3 is 9.26 Å². The lowest BCUT2D eigenvalue weighted by Gasteiger charge is -2.17. The Hall–Kier alpha value is -0.690. The molecular weight excluding hydrogens is 272 g/mol. The molecular formula is C11H16N2O3S2. The monoisotopic (exact) mass is 288 g/mol. The molecule has 1 aromatic rings. The van der Waals surface area contributed by atoms with E-state index < -0.39 is 5.92 Å². The van der Waals surface area contributed by atoms with E-state index in [-0.39, 0.29) is 11.2 Å². The molecule has 0 aromatic carbocycles. The normalized spacial score (nSPS) is 21.6. The minimum absolute atomic E-state index is 0.274. The standard InChI is InChI=1S/C11H16N2O3S2/c1-3-15-11(14)7(2)10-12-9(13-16-10)8-6-17-4-5-18-8/h7-8H,3-6H2,1-2H3. The highest BCUT2D eigenvalue weighted by Gasteiger charge is 2.26. The van der Waals surface area contributed by atoms with Gasteiger partial charge in [-0.3, -0.25) is 4.79 Å². The lowest BCUT2D eigenvalue weighted by Crippen LogP contribution is -2.13. The van der Waals surface area contributed by atoms with Crippen molar-refractivity contribution in [2.45, 2.75) is 25.0 Å². The van der Waals surface area contributed by atoms with Crippen LogP contribution in [0.1, 0.15) is 36.7 Å². The molecule has 5 nitrogen and oxygen atoms in total. The van der Waals surface area contributed by atoms with Crippen molar-refractivity contribution in [2.24, 2.45) is 0 Å². The van der Waals surface area contributed by atoms with Crippen molar-refractivity contribution in [2.75, 3.05) is 23.9 Å². The first-order valence-electron chi connectivity index (χ1n) is 5.91. The second-order valence-corrected chi connectivity index (χ2v) is 6.36. The van der Waals surface area contributed by atoms with E-state index >= 15 is 0 Å². The van der Waals surface area contributed by atoms with Crippen LogP contribution in [0.5, 0.6) is 0 Å². The number of carbonyl (C=O) groups excluding carboxylic acids is 1. The number of carbonyl (C=O) groups is 1. The van der Waals surface area contributed by atoms with E-state index in [2.05, 4.69) is 10.1 Å². The molecule has 0 aliphatic carbocycles. The SMILES string of the molecule is CCOC(=O)C(C)c1nc(C2CSCCS2)no1. The Morgan fingerprint density at radius 3 is 3.11 bits per heavy atom. The van der Waals surface area contributed by atoms with Crippen molar-refractivity contribution in [3.63, 3.8) is 0 Å². The second kappa shape index (κ2) is 6.47. The third-order valence-corrected chi connectivity index (χ3v) is 5.32. The molecule has 1 aliphatic rings. The molecule has 2 atom stereocenters. The van der Waals surface area contributed by atoms with Crippen LogP contribution in [0.2, 0.25) is 0 Å². The van der Waals surface area contributed by atoms with Crippen molar-refractivity contribution >= 4 is 29.5 Å². The second-order valence-electron chi connectivity index (χ2n) is 3.90. The molecule has 0 bridgehead atoms. The van der Waals surface area contributed by atoms with Gasteiger partial charge in [-0.2, -0.15) is 16.7 Å². The number of ether oxygens (including phenoxy) is 1. The minimum Gasteiger partial charge on any atom is -0.465 e. The van der Waals surface area contributed by atoms with Gasteiger partial charge in [-0.05, 0) is 13.8 Å². The fraction of sp³-hybridized carbons (Fsp3) is 0.727. The quantitative estimate of drug-likeness (QED) is 0.787. The smallest absolute Gasteiger partial charge is 0.318 e. The van der Waals surface area contributed by atoms with Crippen molar-refractivity contribution in [3.8, 4) is 0 Å². The number of hydrogen-bond acceptors (Lipinski definition) is 7. The van der Waals surface area contributed by atoms with Gasteiger partial charge in [-0.25, -0.2) is 0 Å². The van der Waals surface area contributed by atoms with Crippen LogP contribution in [-0.2, 0) is 9.53 Å². The van der Waals surface area contributed by atoms with E-state index in [1.165, 1.54) is 5.75 Å². The van der Waals surface area contributed by atoms with Gasteiger partial charge in [0.1, 0.15) is 5.92 Å². The van der Waals surface area contributed by atoms with Gasteiger partial charge in [0.05, 0.1) is 11.9 Å². The Bertz CT molecular complexity index is 405. The summed E-state index contributed by atoms with van der Waals surface area (Å²) in [4.78, 5) is 15.9. The Kier molecular flexibility index (Phi) is 4.94. The number of nitrogens with zero attached hydrogens (tertiary/aromatic N) is 2. The number of rotatable bonds is 4. The number of esters is 1. The summed E-state index contributed by atoms with van der Waals surface area (Å²) in [5.41, 5.74) is 0. The summed E-state index contributed by atoms with van der Waals surface area (Å²) in [5.74, 6) is 3.50. The van der Waals surface area contributed by atoms with Gasteiger partial charge in [0, 0.05) is 17.3 Å². The van der Waals surface area contributed by atoms with Gasteiger partial charge in [0.25, 0.3) is 0 Å². The maximum Gasteiger partial charge on any atom is 0.318 e. The summed E-state index contributed by atoms with van der Waals surface area (Å²) < 4.78 is 10.1. The molecule has 1 fully saturated rings. The number of hydrogen-bond donors (Lipinski definition) is 0. The average Bonchev–Trinajstić information content (AvgIpc) is 2.89. The van der Waals surface area contributed by atoms with Crippen molar-refractivity contribution < 1.29 is 14.1 Å². The van der Waals surface area contributed by atoms with E-state index in [0.717, 1.165) is 11.5 Å². The van der Waals surface area contributed by atoms with Gasteiger partial charge >= 0.3 is 5.97 Å². The predicted molar refractivity (Wildman–Crippen MR) is 71.9 cm³/mol. The maximum atomic E-state index is 11.6. The van der Waals surface area contributed by atoms with Crippen molar-refractivity contribution in [1.29, 1.82) is 0 Å². The third kappa shape index (κ3) is 3.20. The molecule has 0 saturated carbocycles. The molecule has 0 radical (unpaired) electrons. The Morgan fingerprint density at radius 1 is 1.61 bits per heavy atom. The first-order valence-corrected chi connectivity index (χ1v) is 8.12. The van der Waals surface area contributed by atoms with E-state index in [1.807, 2.05) is 23.5 Å². The summed E-state index contributed by atoms with van der Waals surface area (Å²) in [6.07, 6.45) is 0. The molecule has 1 saturated heterocycles. The summed E-state index contributed by atoms with van der Waals surface area (Å²) in [6, 6.07) is 0. The largest absolute Gasteiger partial charge is 0.465 e. The fourth-order valence-corrected chi connectivity index (χ4v) is 4.15. The summed E-state index contributed by atoms with van der Waals surface area (Å²) >= 11 is 3.73. The highest BCUT2D eigenvalue weighted by Crippen LogP contribution is 2.35. The van der Waals surface area contributed by atoms with E-state index in [1.54, 1.807) is 13.8 Å². The summed E-state index contributed by atoms with van der Waals surface area (Å²) in [5, 5.41) is 4.25. The first kappa shape index (κ1) is 13.7. The van der Waals surface area contributed by atoms with Crippen LogP contribution in [0.4, 0.5) is 0 Å². The molecule has 1 aromatic heterocycles. The van der Waals surface area contributed by atoms with Crippen LogP contribution >= 0.6 is 23.5 Å². The molecule has 0 amide bonds. The molecule has 1 aliphatic heterocycles. The maximum absolute atomic E-state index is 11.6. The summed E-state index contributed by atoms with van der Waals surface area (Å²) in [7, 11) is 0. The third-order valence-electron chi connectivity index (χ3n) is 2.57. The molecule has 7 heteroatoms. The average molecular weight is 288 g/mol. The number of aromatic nitrogens is 2. The Balaban J connectivity index is 2.02. The highest BCUT2D eigenvalue weighted by molar-refractivity contribution is 8.06. The fourth-order valence-electron chi connectivity index (χ4n) is 1.56. The zero-order valence-electron chi connectivity index (χ0n) is 10.4. The summed E-state index contributed by atoms with van der Waals surface area (Å²) in [6.45, 7) is 3.86. The van der Waals surface area contributed by atoms with Gasteiger partial charge in [-0.1, -0.05) is 5.16 Å². The first-order chi connectivity index (χ1) is 8.72. The Morgan fingerprint density at radius 2 is 2.44 bits per heavy atom.